The van der Waals surface area contributed by atoms with Crippen molar-refractivity contribution in [3.63, 3.8) is 0 Å². The molecule has 1 nitrogen and oxygen atoms in total. The van der Waals surface area contributed by atoms with Crippen LogP contribution in [0.5, 0.6) is 0 Å². The number of thioether (sulfide) groups is 1. The molecule has 0 heterocycles. The Bertz CT molecular complexity index is 520. The van der Waals surface area contributed by atoms with Gasteiger partial charge in [0.1, 0.15) is 0 Å². The van der Waals surface area contributed by atoms with Gasteiger partial charge in [-0.25, -0.2) is 0 Å². The van der Waals surface area contributed by atoms with Crippen molar-refractivity contribution < 1.29 is 4.79 Å². The highest BCUT2D eigenvalue weighted by Gasteiger charge is 2.01. The van der Waals surface area contributed by atoms with E-state index in [1.165, 1.54) is 11.1 Å². The highest BCUT2D eigenvalue weighted by atomic mass is 32.2. The lowest BCUT2D eigenvalue weighted by molar-refractivity contribution is 0.112. The molecule has 86 valence electrons. The van der Waals surface area contributed by atoms with Crippen molar-refractivity contribution in [2.24, 2.45) is 0 Å². The Morgan fingerprint density at radius 2 is 1.94 bits per heavy atom. The van der Waals surface area contributed by atoms with Crippen LogP contribution in [0.1, 0.15) is 21.5 Å². The molecule has 0 radical (unpaired) electrons. The lowest BCUT2D eigenvalue weighted by Crippen LogP contribution is -1.86. The van der Waals surface area contributed by atoms with Crippen LogP contribution in [0, 0.1) is 6.92 Å². The van der Waals surface area contributed by atoms with E-state index in [0.717, 1.165) is 22.5 Å². The van der Waals surface area contributed by atoms with Crippen LogP contribution in [0.4, 0.5) is 0 Å². The molecule has 0 bridgehead atoms. The van der Waals surface area contributed by atoms with Gasteiger partial charge < -0.3 is 0 Å². The Morgan fingerprint density at radius 1 is 1.12 bits per heavy atom. The number of aldehydes is 1. The summed E-state index contributed by atoms with van der Waals surface area (Å²) in [6.07, 6.45) is 0.915. The molecule has 0 N–H and O–H groups in total. The molecule has 0 atom stereocenters. The SMILES string of the molecule is Cc1cccc(CSc2ccccc2C=O)c1. The van der Waals surface area contributed by atoms with Gasteiger partial charge in [-0.05, 0) is 18.6 Å². The summed E-state index contributed by atoms with van der Waals surface area (Å²) in [5.74, 6) is 0.895. The normalized spacial score (nSPS) is 10.2. The number of hydrogen-bond donors (Lipinski definition) is 0. The number of benzene rings is 2. The molecule has 0 aliphatic rings. The van der Waals surface area contributed by atoms with Gasteiger partial charge in [0, 0.05) is 16.2 Å². The number of carbonyl (C=O) groups is 1. The fourth-order valence-electron chi connectivity index (χ4n) is 1.67. The van der Waals surface area contributed by atoms with E-state index >= 15 is 0 Å². The van der Waals surface area contributed by atoms with Crippen LogP contribution in [-0.2, 0) is 5.75 Å². The molecule has 0 saturated carbocycles. The van der Waals surface area contributed by atoms with Gasteiger partial charge >= 0.3 is 0 Å². The molecular weight excluding hydrogens is 228 g/mol. The van der Waals surface area contributed by atoms with E-state index in [9.17, 15) is 4.79 Å². The molecule has 17 heavy (non-hydrogen) atoms. The van der Waals surface area contributed by atoms with Crippen molar-refractivity contribution in [2.45, 2.75) is 17.6 Å². The first-order valence-electron chi connectivity index (χ1n) is 5.52. The van der Waals surface area contributed by atoms with E-state index in [1.807, 2.05) is 24.3 Å². The Morgan fingerprint density at radius 3 is 2.71 bits per heavy atom. The van der Waals surface area contributed by atoms with Gasteiger partial charge in [0.2, 0.25) is 0 Å². The molecule has 2 heteroatoms. The van der Waals surface area contributed by atoms with Crippen molar-refractivity contribution >= 4 is 18.0 Å². The van der Waals surface area contributed by atoms with Crippen molar-refractivity contribution in [3.05, 3.63) is 65.2 Å². The zero-order valence-electron chi connectivity index (χ0n) is 9.72. The van der Waals surface area contributed by atoms with Gasteiger partial charge in [0.15, 0.2) is 6.29 Å². The Hall–Kier alpha value is -1.54. The minimum Gasteiger partial charge on any atom is -0.298 e. The predicted octanol–water partition coefficient (Wildman–Crippen LogP) is 4.10. The van der Waals surface area contributed by atoms with Crippen LogP contribution in [-0.4, -0.2) is 6.29 Å². The first-order valence-corrected chi connectivity index (χ1v) is 6.51. The lowest BCUT2D eigenvalue weighted by Gasteiger charge is -2.05. The van der Waals surface area contributed by atoms with Gasteiger partial charge in [0.05, 0.1) is 0 Å². The number of hydrogen-bond acceptors (Lipinski definition) is 2. The Labute approximate surface area is 106 Å². The van der Waals surface area contributed by atoms with Gasteiger partial charge in [-0.15, -0.1) is 11.8 Å². The maximum atomic E-state index is 10.9. The predicted molar refractivity (Wildman–Crippen MR) is 72.6 cm³/mol. The van der Waals surface area contributed by atoms with Crippen molar-refractivity contribution in [3.8, 4) is 0 Å². The molecule has 0 aromatic heterocycles. The highest BCUT2D eigenvalue weighted by molar-refractivity contribution is 7.98. The van der Waals surface area contributed by atoms with Crippen LogP contribution in [0.25, 0.3) is 0 Å². The second kappa shape index (κ2) is 5.69. The average Bonchev–Trinajstić information content (AvgIpc) is 2.37. The monoisotopic (exact) mass is 242 g/mol. The zero-order chi connectivity index (χ0) is 12.1. The van der Waals surface area contributed by atoms with Crippen molar-refractivity contribution in [1.82, 2.24) is 0 Å². The molecule has 0 saturated heterocycles. The van der Waals surface area contributed by atoms with Gasteiger partial charge in [-0.2, -0.15) is 0 Å². The fraction of sp³-hybridized carbons (Fsp3) is 0.133. The zero-order valence-corrected chi connectivity index (χ0v) is 10.5. The minimum atomic E-state index is 0.769. The summed E-state index contributed by atoms with van der Waals surface area (Å²) in [6.45, 7) is 2.09. The van der Waals surface area contributed by atoms with E-state index in [1.54, 1.807) is 11.8 Å². The Kier molecular flexibility index (Phi) is 3.99. The van der Waals surface area contributed by atoms with E-state index in [2.05, 4.69) is 31.2 Å². The minimum absolute atomic E-state index is 0.769. The Balaban J connectivity index is 2.09. The van der Waals surface area contributed by atoms with Gasteiger partial charge in [0.25, 0.3) is 0 Å². The smallest absolute Gasteiger partial charge is 0.151 e. The van der Waals surface area contributed by atoms with E-state index in [0.29, 0.717) is 0 Å². The third kappa shape index (κ3) is 3.21. The third-order valence-electron chi connectivity index (χ3n) is 2.52. The number of carbonyl (C=O) groups excluding carboxylic acids is 1. The van der Waals surface area contributed by atoms with E-state index in [4.69, 9.17) is 0 Å². The quantitative estimate of drug-likeness (QED) is 0.593. The summed E-state index contributed by atoms with van der Waals surface area (Å²) in [5.41, 5.74) is 3.33. The third-order valence-corrected chi connectivity index (χ3v) is 3.68. The first kappa shape index (κ1) is 11.9. The fourth-order valence-corrected chi connectivity index (χ4v) is 2.63. The lowest BCUT2D eigenvalue weighted by atomic mass is 10.2. The second-order valence-electron chi connectivity index (χ2n) is 3.93. The van der Waals surface area contributed by atoms with Crippen LogP contribution in [0.2, 0.25) is 0 Å². The van der Waals surface area contributed by atoms with Crippen LogP contribution in [0.15, 0.2) is 53.4 Å². The number of aryl methyl sites for hydroxylation is 1. The largest absolute Gasteiger partial charge is 0.298 e. The summed E-state index contributed by atoms with van der Waals surface area (Å²) in [5, 5.41) is 0. The topological polar surface area (TPSA) is 17.1 Å². The molecule has 2 aromatic rings. The average molecular weight is 242 g/mol. The van der Waals surface area contributed by atoms with Crippen molar-refractivity contribution in [1.29, 1.82) is 0 Å². The molecule has 0 aliphatic carbocycles. The maximum absolute atomic E-state index is 10.9. The molecular formula is C15H14OS. The molecule has 0 spiro atoms. The summed E-state index contributed by atoms with van der Waals surface area (Å²) in [6, 6.07) is 16.1. The van der Waals surface area contributed by atoms with Crippen LogP contribution >= 0.6 is 11.8 Å². The molecule has 2 aromatic carbocycles. The summed E-state index contributed by atoms with van der Waals surface area (Å²) < 4.78 is 0. The molecule has 2 rings (SSSR count). The summed E-state index contributed by atoms with van der Waals surface area (Å²) >= 11 is 1.70. The standard InChI is InChI=1S/C15H14OS/c1-12-5-4-6-13(9-12)11-17-15-8-3-2-7-14(15)10-16/h2-10H,11H2,1H3. The summed E-state index contributed by atoms with van der Waals surface area (Å²) in [4.78, 5) is 11.9. The molecule has 0 aliphatic heterocycles. The van der Waals surface area contributed by atoms with Crippen molar-refractivity contribution in [2.75, 3.05) is 0 Å². The van der Waals surface area contributed by atoms with Crippen LogP contribution < -0.4 is 0 Å². The van der Waals surface area contributed by atoms with E-state index in [-0.39, 0.29) is 0 Å². The highest BCUT2D eigenvalue weighted by Crippen LogP contribution is 2.25. The molecule has 0 unspecified atom stereocenters. The molecule has 0 fully saturated rings. The van der Waals surface area contributed by atoms with Crippen LogP contribution in [0.3, 0.4) is 0 Å². The van der Waals surface area contributed by atoms with Gasteiger partial charge in [-0.3, -0.25) is 4.79 Å². The second-order valence-corrected chi connectivity index (χ2v) is 4.95. The maximum Gasteiger partial charge on any atom is 0.151 e. The first-order chi connectivity index (χ1) is 8.29. The summed E-state index contributed by atoms with van der Waals surface area (Å²) in [7, 11) is 0. The number of rotatable bonds is 4. The van der Waals surface area contributed by atoms with E-state index < -0.39 is 0 Å². The van der Waals surface area contributed by atoms with Gasteiger partial charge in [-0.1, -0.05) is 48.0 Å². The molecule has 0 amide bonds.